The number of carbonyl (C=O) groups is 1. The van der Waals surface area contributed by atoms with E-state index in [-0.39, 0.29) is 11.7 Å². The summed E-state index contributed by atoms with van der Waals surface area (Å²) in [6, 6.07) is 12.7. The lowest BCUT2D eigenvalue weighted by molar-refractivity contribution is 0.0961. The quantitative estimate of drug-likeness (QED) is 0.646. The molecular weight excluding hydrogens is 212 g/mol. The van der Waals surface area contributed by atoms with Gasteiger partial charge in [-0.15, -0.1) is 0 Å². The second kappa shape index (κ2) is 4.78. The molecule has 1 unspecified atom stereocenters. The van der Waals surface area contributed by atoms with Crippen molar-refractivity contribution in [3.8, 4) is 0 Å². The highest BCUT2D eigenvalue weighted by molar-refractivity contribution is 5.99. The number of aromatic nitrogens is 1. The summed E-state index contributed by atoms with van der Waals surface area (Å²) in [5.74, 6) is -0.180. The lowest BCUT2D eigenvalue weighted by atomic mass is 9.94. The molecule has 0 spiro atoms. The molecule has 0 radical (unpaired) electrons. The van der Waals surface area contributed by atoms with Crippen molar-refractivity contribution < 1.29 is 4.79 Å². The molecule has 1 aromatic heterocycles. The third kappa shape index (κ3) is 2.50. The number of pyridine rings is 1. The Bertz CT molecular complexity index is 506. The summed E-state index contributed by atoms with van der Waals surface area (Å²) in [6.07, 6.45) is 1.63. The molecule has 0 aliphatic heterocycles. The zero-order valence-electron chi connectivity index (χ0n) is 9.63. The van der Waals surface area contributed by atoms with Crippen molar-refractivity contribution in [2.45, 2.75) is 12.8 Å². The maximum absolute atomic E-state index is 12.1. The van der Waals surface area contributed by atoms with Crippen molar-refractivity contribution >= 4 is 11.5 Å². The predicted octanol–water partition coefficient (Wildman–Crippen LogP) is 2.65. The van der Waals surface area contributed by atoms with Crippen molar-refractivity contribution in [2.75, 3.05) is 5.73 Å². The molecular formula is C14H14N2O. The average molecular weight is 226 g/mol. The summed E-state index contributed by atoms with van der Waals surface area (Å²) in [5.41, 5.74) is 7.77. The van der Waals surface area contributed by atoms with E-state index in [0.29, 0.717) is 11.4 Å². The van der Waals surface area contributed by atoms with Crippen molar-refractivity contribution in [1.29, 1.82) is 0 Å². The Morgan fingerprint density at radius 2 is 1.88 bits per heavy atom. The Labute approximate surface area is 100 Å². The lowest BCUT2D eigenvalue weighted by Crippen LogP contribution is -2.11. The Balaban J connectivity index is 2.23. The van der Waals surface area contributed by atoms with Gasteiger partial charge in [0.15, 0.2) is 5.78 Å². The molecule has 2 aromatic rings. The fraction of sp³-hybridized carbons (Fsp3) is 0.143. The third-order valence-corrected chi connectivity index (χ3v) is 2.75. The van der Waals surface area contributed by atoms with E-state index >= 15 is 0 Å². The second-order valence-electron chi connectivity index (χ2n) is 3.97. The predicted molar refractivity (Wildman–Crippen MR) is 67.8 cm³/mol. The number of Topliss-reactive ketones (excluding diaryl/α,β-unsaturated/α-hetero) is 1. The zero-order chi connectivity index (χ0) is 12.3. The number of nitrogens with zero attached hydrogens (tertiary/aromatic N) is 1. The van der Waals surface area contributed by atoms with Gasteiger partial charge in [-0.25, -0.2) is 0 Å². The van der Waals surface area contributed by atoms with Crippen LogP contribution in [0.5, 0.6) is 0 Å². The van der Waals surface area contributed by atoms with Crippen molar-refractivity contribution in [3.05, 3.63) is 59.9 Å². The van der Waals surface area contributed by atoms with Crippen LogP contribution in [0.4, 0.5) is 5.69 Å². The van der Waals surface area contributed by atoms with Gasteiger partial charge in [0.1, 0.15) is 5.69 Å². The monoisotopic (exact) mass is 226 g/mol. The molecule has 17 heavy (non-hydrogen) atoms. The molecule has 0 aliphatic rings. The molecule has 0 aliphatic carbocycles. The molecule has 0 amide bonds. The molecule has 1 heterocycles. The Kier molecular flexibility index (Phi) is 3.19. The van der Waals surface area contributed by atoms with Crippen LogP contribution in [0.3, 0.4) is 0 Å². The topological polar surface area (TPSA) is 56.0 Å². The smallest absolute Gasteiger partial charge is 0.188 e. The number of benzene rings is 1. The number of hydrogen-bond donors (Lipinski definition) is 1. The van der Waals surface area contributed by atoms with Crippen LogP contribution in [0.25, 0.3) is 0 Å². The van der Waals surface area contributed by atoms with Crippen LogP contribution in [0.2, 0.25) is 0 Å². The number of nitrogen functional groups attached to an aromatic ring is 1. The average Bonchev–Trinajstić information content (AvgIpc) is 2.39. The summed E-state index contributed by atoms with van der Waals surface area (Å²) in [7, 11) is 0. The first-order valence-corrected chi connectivity index (χ1v) is 5.49. The van der Waals surface area contributed by atoms with Gasteiger partial charge in [-0.05, 0) is 29.8 Å². The standard InChI is InChI=1S/C14H14N2O/c1-10(11-5-7-12(15)8-6-11)14(17)13-4-2-3-9-16-13/h2-10H,15H2,1H3. The van der Waals surface area contributed by atoms with E-state index in [1.165, 1.54) is 0 Å². The van der Waals surface area contributed by atoms with E-state index in [1.54, 1.807) is 30.5 Å². The SMILES string of the molecule is CC(C(=O)c1ccccn1)c1ccc(N)cc1. The highest BCUT2D eigenvalue weighted by Crippen LogP contribution is 2.20. The maximum atomic E-state index is 12.1. The van der Waals surface area contributed by atoms with E-state index in [0.717, 1.165) is 5.56 Å². The summed E-state index contributed by atoms with van der Waals surface area (Å²) >= 11 is 0. The van der Waals surface area contributed by atoms with Crippen molar-refractivity contribution in [3.63, 3.8) is 0 Å². The second-order valence-corrected chi connectivity index (χ2v) is 3.97. The Hall–Kier alpha value is -2.16. The zero-order valence-corrected chi connectivity index (χ0v) is 9.63. The Morgan fingerprint density at radius 1 is 1.18 bits per heavy atom. The number of nitrogens with two attached hydrogens (primary N) is 1. The van der Waals surface area contributed by atoms with Gasteiger partial charge in [0.2, 0.25) is 0 Å². The van der Waals surface area contributed by atoms with Crippen LogP contribution in [0.1, 0.15) is 28.9 Å². The molecule has 86 valence electrons. The summed E-state index contributed by atoms with van der Waals surface area (Å²) < 4.78 is 0. The van der Waals surface area contributed by atoms with Gasteiger partial charge >= 0.3 is 0 Å². The van der Waals surface area contributed by atoms with Gasteiger partial charge in [-0.2, -0.15) is 0 Å². The van der Waals surface area contributed by atoms with Gasteiger partial charge in [0.05, 0.1) is 0 Å². The first-order valence-electron chi connectivity index (χ1n) is 5.49. The third-order valence-electron chi connectivity index (χ3n) is 2.75. The van der Waals surface area contributed by atoms with E-state index in [2.05, 4.69) is 4.98 Å². The molecule has 3 heteroatoms. The minimum Gasteiger partial charge on any atom is -0.399 e. The summed E-state index contributed by atoms with van der Waals surface area (Å²) in [5, 5.41) is 0. The fourth-order valence-corrected chi connectivity index (χ4v) is 1.67. The molecule has 0 saturated heterocycles. The molecule has 2 rings (SSSR count). The number of anilines is 1. The van der Waals surface area contributed by atoms with Crippen LogP contribution < -0.4 is 5.73 Å². The number of hydrogen-bond acceptors (Lipinski definition) is 3. The first kappa shape index (κ1) is 11.3. The Morgan fingerprint density at radius 3 is 2.47 bits per heavy atom. The maximum Gasteiger partial charge on any atom is 0.188 e. The molecule has 3 nitrogen and oxygen atoms in total. The van der Waals surface area contributed by atoms with Crippen LogP contribution in [0, 0.1) is 0 Å². The minimum atomic E-state index is -0.203. The van der Waals surface area contributed by atoms with E-state index in [1.807, 2.05) is 25.1 Å². The number of rotatable bonds is 3. The van der Waals surface area contributed by atoms with Crippen LogP contribution in [-0.4, -0.2) is 10.8 Å². The van der Waals surface area contributed by atoms with Crippen molar-refractivity contribution in [2.24, 2.45) is 0 Å². The highest BCUT2D eigenvalue weighted by atomic mass is 16.1. The minimum absolute atomic E-state index is 0.0235. The van der Waals surface area contributed by atoms with Crippen LogP contribution in [0.15, 0.2) is 48.7 Å². The molecule has 0 saturated carbocycles. The molecule has 2 N–H and O–H groups in total. The van der Waals surface area contributed by atoms with E-state index in [4.69, 9.17) is 5.73 Å². The fourth-order valence-electron chi connectivity index (χ4n) is 1.67. The van der Waals surface area contributed by atoms with E-state index in [9.17, 15) is 4.79 Å². The molecule has 1 atom stereocenters. The summed E-state index contributed by atoms with van der Waals surface area (Å²) in [4.78, 5) is 16.2. The first-order chi connectivity index (χ1) is 8.18. The molecule has 0 fully saturated rings. The molecule has 1 aromatic carbocycles. The largest absolute Gasteiger partial charge is 0.399 e. The van der Waals surface area contributed by atoms with Gasteiger partial charge in [0.25, 0.3) is 0 Å². The summed E-state index contributed by atoms with van der Waals surface area (Å²) in [6.45, 7) is 1.88. The number of carbonyl (C=O) groups excluding carboxylic acids is 1. The highest BCUT2D eigenvalue weighted by Gasteiger charge is 2.17. The lowest BCUT2D eigenvalue weighted by Gasteiger charge is -2.10. The van der Waals surface area contributed by atoms with Crippen LogP contribution in [-0.2, 0) is 0 Å². The normalized spacial score (nSPS) is 12.1. The van der Waals surface area contributed by atoms with E-state index < -0.39 is 0 Å². The van der Waals surface area contributed by atoms with Crippen LogP contribution >= 0.6 is 0 Å². The van der Waals surface area contributed by atoms with Crippen molar-refractivity contribution in [1.82, 2.24) is 4.98 Å². The number of ketones is 1. The molecule has 0 bridgehead atoms. The van der Waals surface area contributed by atoms with Gasteiger partial charge < -0.3 is 5.73 Å². The van der Waals surface area contributed by atoms with Gasteiger partial charge in [-0.3, -0.25) is 9.78 Å². The van der Waals surface area contributed by atoms with Gasteiger partial charge in [-0.1, -0.05) is 25.1 Å². The van der Waals surface area contributed by atoms with Gasteiger partial charge in [0, 0.05) is 17.8 Å².